The Morgan fingerprint density at radius 3 is 2.55 bits per heavy atom. The lowest BCUT2D eigenvalue weighted by atomic mass is 10.3. The van der Waals surface area contributed by atoms with Gasteiger partial charge in [0, 0.05) is 24.4 Å². The summed E-state index contributed by atoms with van der Waals surface area (Å²) in [4.78, 5) is 21.4. The van der Waals surface area contributed by atoms with Crippen molar-refractivity contribution in [2.45, 2.75) is 10.9 Å². The maximum absolute atomic E-state index is 12.6. The molecule has 8 nitrogen and oxygen atoms in total. The van der Waals surface area contributed by atoms with Gasteiger partial charge in [-0.2, -0.15) is 4.31 Å². The average molecular weight is 343 g/mol. The van der Waals surface area contributed by atoms with Crippen LogP contribution in [-0.4, -0.2) is 41.9 Å². The molecule has 118 valence electrons. The standard InChI is InChI=1S/C12H13N3O5S2/c13-12(16)11-8-21-7-1-6-14(11)22(19,20)10-4-2-9(3-5-10)15(17)18/h1-5,7,11H,6,8H2,(H2,13,16)/t11-/m0/s1. The first-order chi connectivity index (χ1) is 10.3. The van der Waals surface area contributed by atoms with E-state index in [2.05, 4.69) is 0 Å². The van der Waals surface area contributed by atoms with E-state index in [1.807, 2.05) is 0 Å². The van der Waals surface area contributed by atoms with Crippen molar-refractivity contribution in [3.05, 3.63) is 45.9 Å². The molecule has 0 aliphatic carbocycles. The number of non-ortho nitro benzene ring substituents is 1. The first-order valence-electron chi connectivity index (χ1n) is 6.16. The van der Waals surface area contributed by atoms with E-state index in [1.165, 1.54) is 11.8 Å². The first-order valence-corrected chi connectivity index (χ1v) is 8.65. The number of rotatable bonds is 4. The number of carbonyl (C=O) groups excluding carboxylic acids is 1. The lowest BCUT2D eigenvalue weighted by molar-refractivity contribution is -0.384. The molecule has 1 aromatic rings. The smallest absolute Gasteiger partial charge is 0.269 e. The summed E-state index contributed by atoms with van der Waals surface area (Å²) in [5.41, 5.74) is 5.08. The topological polar surface area (TPSA) is 124 Å². The van der Waals surface area contributed by atoms with Crippen molar-refractivity contribution in [3.8, 4) is 0 Å². The Kier molecular flexibility index (Phi) is 4.84. The predicted octanol–water partition coefficient (Wildman–Crippen LogP) is 0.700. The van der Waals surface area contributed by atoms with Crippen molar-refractivity contribution in [1.82, 2.24) is 4.31 Å². The van der Waals surface area contributed by atoms with Gasteiger partial charge >= 0.3 is 0 Å². The molecule has 0 fully saturated rings. The lowest BCUT2D eigenvalue weighted by Crippen LogP contribution is -2.48. The fourth-order valence-electron chi connectivity index (χ4n) is 1.94. The summed E-state index contributed by atoms with van der Waals surface area (Å²) in [6.45, 7) is 0.0138. The highest BCUT2D eigenvalue weighted by atomic mass is 32.2. The van der Waals surface area contributed by atoms with Gasteiger partial charge in [-0.05, 0) is 17.5 Å². The van der Waals surface area contributed by atoms with Crippen LogP contribution in [-0.2, 0) is 14.8 Å². The van der Waals surface area contributed by atoms with Gasteiger partial charge < -0.3 is 5.73 Å². The van der Waals surface area contributed by atoms with Gasteiger partial charge in [-0.3, -0.25) is 14.9 Å². The van der Waals surface area contributed by atoms with E-state index in [1.54, 1.807) is 11.5 Å². The summed E-state index contributed by atoms with van der Waals surface area (Å²) in [6, 6.07) is 3.53. The number of nitro groups is 1. The number of carbonyl (C=O) groups is 1. The van der Waals surface area contributed by atoms with Gasteiger partial charge in [0.1, 0.15) is 6.04 Å². The number of sulfonamides is 1. The van der Waals surface area contributed by atoms with Crippen molar-refractivity contribution in [2.24, 2.45) is 5.73 Å². The van der Waals surface area contributed by atoms with Gasteiger partial charge in [0.25, 0.3) is 5.69 Å². The molecule has 1 atom stereocenters. The third-order valence-corrected chi connectivity index (χ3v) is 5.84. The van der Waals surface area contributed by atoms with E-state index in [4.69, 9.17) is 5.73 Å². The summed E-state index contributed by atoms with van der Waals surface area (Å²) in [5.74, 6) is -0.514. The second kappa shape index (κ2) is 6.46. The Labute approximate surface area is 131 Å². The van der Waals surface area contributed by atoms with Crippen LogP contribution in [0.2, 0.25) is 0 Å². The van der Waals surface area contributed by atoms with E-state index in [0.29, 0.717) is 0 Å². The van der Waals surface area contributed by atoms with Gasteiger partial charge in [-0.1, -0.05) is 6.08 Å². The molecular formula is C12H13N3O5S2. The molecule has 1 amide bonds. The number of nitrogens with two attached hydrogens (primary N) is 1. The van der Waals surface area contributed by atoms with Gasteiger partial charge in [0.15, 0.2) is 0 Å². The first kappa shape index (κ1) is 16.5. The number of nitro benzene ring substituents is 1. The quantitative estimate of drug-likeness (QED) is 0.634. The zero-order valence-corrected chi connectivity index (χ0v) is 12.9. The summed E-state index contributed by atoms with van der Waals surface area (Å²) < 4.78 is 26.3. The minimum atomic E-state index is -3.98. The molecule has 0 radical (unpaired) electrons. The number of nitrogens with zero attached hydrogens (tertiary/aromatic N) is 2. The predicted molar refractivity (Wildman–Crippen MR) is 81.6 cm³/mol. The maximum Gasteiger partial charge on any atom is 0.269 e. The Morgan fingerprint density at radius 1 is 1.36 bits per heavy atom. The third-order valence-electron chi connectivity index (χ3n) is 3.06. The van der Waals surface area contributed by atoms with E-state index in [-0.39, 0.29) is 22.9 Å². The fourth-order valence-corrected chi connectivity index (χ4v) is 4.44. The molecule has 0 saturated heterocycles. The normalized spacial score (nSPS) is 19.5. The Hall–Kier alpha value is -1.91. The van der Waals surface area contributed by atoms with E-state index in [0.717, 1.165) is 28.6 Å². The number of primary amides is 1. The molecule has 0 bridgehead atoms. The zero-order valence-electron chi connectivity index (χ0n) is 11.3. The molecule has 1 aromatic carbocycles. The Balaban J connectivity index is 2.40. The molecule has 0 saturated carbocycles. The van der Waals surface area contributed by atoms with Crippen LogP contribution < -0.4 is 5.73 Å². The van der Waals surface area contributed by atoms with Crippen LogP contribution in [0.25, 0.3) is 0 Å². The monoisotopic (exact) mass is 343 g/mol. The van der Waals surface area contributed by atoms with Gasteiger partial charge in [0.05, 0.1) is 9.82 Å². The summed E-state index contributed by atoms with van der Waals surface area (Å²) in [6.07, 6.45) is 1.62. The number of benzene rings is 1. The van der Waals surface area contributed by atoms with Crippen LogP contribution in [0.4, 0.5) is 5.69 Å². The van der Waals surface area contributed by atoms with Crippen molar-refractivity contribution >= 4 is 33.4 Å². The highest BCUT2D eigenvalue weighted by Gasteiger charge is 2.35. The van der Waals surface area contributed by atoms with Crippen LogP contribution in [0.1, 0.15) is 0 Å². The molecule has 22 heavy (non-hydrogen) atoms. The Bertz CT molecular complexity index is 715. The number of amides is 1. The second-order valence-corrected chi connectivity index (χ2v) is 7.28. The van der Waals surface area contributed by atoms with Gasteiger partial charge in [-0.15, -0.1) is 11.8 Å². The molecule has 1 aliphatic heterocycles. The molecule has 0 aromatic heterocycles. The highest BCUT2D eigenvalue weighted by Crippen LogP contribution is 2.24. The van der Waals surface area contributed by atoms with Crippen LogP contribution in [0.15, 0.2) is 40.6 Å². The molecular weight excluding hydrogens is 330 g/mol. The van der Waals surface area contributed by atoms with Crippen molar-refractivity contribution < 1.29 is 18.1 Å². The highest BCUT2D eigenvalue weighted by molar-refractivity contribution is 8.02. The number of hydrogen-bond donors (Lipinski definition) is 1. The maximum atomic E-state index is 12.6. The third kappa shape index (κ3) is 3.29. The van der Waals surface area contributed by atoms with Crippen molar-refractivity contribution in [1.29, 1.82) is 0 Å². The van der Waals surface area contributed by atoms with Gasteiger partial charge in [-0.25, -0.2) is 8.42 Å². The average Bonchev–Trinajstić information content (AvgIpc) is 2.73. The molecule has 2 N–H and O–H groups in total. The summed E-state index contributed by atoms with van der Waals surface area (Å²) in [7, 11) is -3.98. The molecule has 1 heterocycles. The summed E-state index contributed by atoms with van der Waals surface area (Å²) >= 11 is 1.30. The lowest BCUT2D eigenvalue weighted by Gasteiger charge is -2.26. The Morgan fingerprint density at radius 2 is 2.00 bits per heavy atom. The van der Waals surface area contributed by atoms with Crippen LogP contribution in [0, 0.1) is 10.1 Å². The molecule has 2 rings (SSSR count). The van der Waals surface area contributed by atoms with Crippen LogP contribution >= 0.6 is 11.8 Å². The molecule has 0 unspecified atom stereocenters. The minimum Gasteiger partial charge on any atom is -0.368 e. The largest absolute Gasteiger partial charge is 0.368 e. The zero-order chi connectivity index (χ0) is 16.3. The summed E-state index contributed by atoms with van der Waals surface area (Å²) in [5, 5.41) is 12.3. The molecule has 1 aliphatic rings. The fraction of sp³-hybridized carbons (Fsp3) is 0.250. The number of thioether (sulfide) groups is 1. The van der Waals surface area contributed by atoms with Crippen LogP contribution in [0.3, 0.4) is 0 Å². The molecule has 10 heteroatoms. The van der Waals surface area contributed by atoms with E-state index in [9.17, 15) is 23.3 Å². The SMILES string of the molecule is NC(=O)[C@@H]1CSC=CCN1S(=O)(=O)c1ccc([N+](=O)[O-])cc1. The van der Waals surface area contributed by atoms with E-state index >= 15 is 0 Å². The van der Waals surface area contributed by atoms with Crippen molar-refractivity contribution in [2.75, 3.05) is 12.3 Å². The molecule has 0 spiro atoms. The second-order valence-electron chi connectivity index (χ2n) is 4.45. The van der Waals surface area contributed by atoms with Crippen molar-refractivity contribution in [3.63, 3.8) is 0 Å². The van der Waals surface area contributed by atoms with Crippen LogP contribution in [0.5, 0.6) is 0 Å². The minimum absolute atomic E-state index is 0.0138. The van der Waals surface area contributed by atoms with Gasteiger partial charge in [0.2, 0.25) is 15.9 Å². The number of hydrogen-bond acceptors (Lipinski definition) is 6. The van der Waals surface area contributed by atoms with E-state index < -0.39 is 26.9 Å².